The summed E-state index contributed by atoms with van der Waals surface area (Å²) in [5, 5.41) is 4.07. The first-order valence-electron chi connectivity index (χ1n) is 12.1. The third kappa shape index (κ3) is 5.89. The van der Waals surface area contributed by atoms with Crippen molar-refractivity contribution in [2.45, 2.75) is 13.0 Å². The fraction of sp³-hybridized carbons (Fsp3) is 0.269. The van der Waals surface area contributed by atoms with Crippen LogP contribution in [0.3, 0.4) is 0 Å². The predicted octanol–water partition coefficient (Wildman–Crippen LogP) is 2.72. The molecule has 0 amide bonds. The van der Waals surface area contributed by atoms with Gasteiger partial charge in [0.15, 0.2) is 17.0 Å². The third-order valence-electron chi connectivity index (χ3n) is 6.27. The first-order chi connectivity index (χ1) is 18.5. The summed E-state index contributed by atoms with van der Waals surface area (Å²) < 4.78 is 43.7. The fourth-order valence-corrected chi connectivity index (χ4v) is 4.84. The normalized spacial score (nSPS) is 14.9. The van der Waals surface area contributed by atoms with Crippen LogP contribution in [0.15, 0.2) is 64.1 Å². The number of halogens is 1. The molecule has 0 bridgehead atoms. The maximum atomic E-state index is 15.3. The molecule has 5 rings (SSSR count). The van der Waals surface area contributed by atoms with Crippen molar-refractivity contribution in [2.75, 3.05) is 37.9 Å². The first-order valence-corrected chi connectivity index (χ1v) is 13.3. The molecule has 1 saturated heterocycles. The van der Waals surface area contributed by atoms with Gasteiger partial charge in [-0.25, -0.2) is 28.1 Å². The third-order valence-corrected chi connectivity index (χ3v) is 7.04. The standard InChI is InChI=1S/C26H27FN6O4S/c1-28-38(35)32-22-5-2-4-17(24(22)27)14-20-21(16-33-12-10-29-11-13-33)19-7-6-18(15-23(19)37-25(20)34)36-26-30-8-3-9-31-26/h2-9,15,28-29,32H,10-14,16H2,1H3. The van der Waals surface area contributed by atoms with Crippen LogP contribution < -0.4 is 25.1 Å². The monoisotopic (exact) mass is 538 g/mol. The van der Waals surface area contributed by atoms with Crippen molar-refractivity contribution in [2.24, 2.45) is 0 Å². The molecule has 0 radical (unpaired) electrons. The zero-order valence-electron chi connectivity index (χ0n) is 20.7. The lowest BCUT2D eigenvalue weighted by molar-refractivity contribution is 0.233. The molecule has 4 aromatic rings. The zero-order valence-corrected chi connectivity index (χ0v) is 21.5. The Bertz CT molecular complexity index is 1510. The van der Waals surface area contributed by atoms with Crippen molar-refractivity contribution in [3.63, 3.8) is 0 Å². The van der Waals surface area contributed by atoms with Crippen LogP contribution in [0.2, 0.25) is 0 Å². The molecule has 1 atom stereocenters. The van der Waals surface area contributed by atoms with Gasteiger partial charge in [0.25, 0.3) is 0 Å². The van der Waals surface area contributed by atoms with Crippen LogP contribution in [0, 0.1) is 5.82 Å². The smallest absolute Gasteiger partial charge is 0.340 e. The van der Waals surface area contributed by atoms with Gasteiger partial charge < -0.3 is 14.5 Å². The Morgan fingerprint density at radius 2 is 1.92 bits per heavy atom. The largest absolute Gasteiger partial charge is 0.424 e. The van der Waals surface area contributed by atoms with Crippen molar-refractivity contribution in [1.82, 2.24) is 24.9 Å². The summed E-state index contributed by atoms with van der Waals surface area (Å²) >= 11 is -1.65. The lowest BCUT2D eigenvalue weighted by Crippen LogP contribution is -2.43. The summed E-state index contributed by atoms with van der Waals surface area (Å²) in [6.45, 7) is 3.82. The molecule has 1 aliphatic heterocycles. The van der Waals surface area contributed by atoms with Crippen LogP contribution in [-0.2, 0) is 24.1 Å². The van der Waals surface area contributed by atoms with Crippen LogP contribution in [0.4, 0.5) is 10.1 Å². The maximum Gasteiger partial charge on any atom is 0.340 e. The maximum absolute atomic E-state index is 15.3. The molecule has 12 heteroatoms. The summed E-state index contributed by atoms with van der Waals surface area (Å²) in [6.07, 6.45) is 3.16. The molecule has 3 heterocycles. The number of hydrogen-bond donors (Lipinski definition) is 3. The number of piperazine rings is 1. The second-order valence-corrected chi connectivity index (χ2v) is 9.84. The molecule has 2 aromatic carbocycles. The van der Waals surface area contributed by atoms with E-state index < -0.39 is 22.6 Å². The van der Waals surface area contributed by atoms with Gasteiger partial charge in [0.2, 0.25) is 0 Å². The Morgan fingerprint density at radius 1 is 1.13 bits per heavy atom. The van der Waals surface area contributed by atoms with Crippen molar-refractivity contribution in [3.05, 3.63) is 87.8 Å². The number of hydrogen-bond acceptors (Lipinski definition) is 8. The zero-order chi connectivity index (χ0) is 26.5. The Morgan fingerprint density at radius 3 is 2.68 bits per heavy atom. The molecule has 1 fully saturated rings. The average molecular weight is 539 g/mol. The van der Waals surface area contributed by atoms with E-state index >= 15 is 4.39 Å². The number of ether oxygens (including phenoxy) is 1. The number of fused-ring (bicyclic) bond motifs is 1. The lowest BCUT2D eigenvalue weighted by atomic mass is 9.97. The number of nitrogens with zero attached hydrogens (tertiary/aromatic N) is 3. The second-order valence-electron chi connectivity index (χ2n) is 8.69. The highest BCUT2D eigenvalue weighted by Crippen LogP contribution is 2.29. The molecular formula is C26H27FN6O4S. The van der Waals surface area contributed by atoms with E-state index in [1.807, 2.05) is 6.07 Å². The van der Waals surface area contributed by atoms with Crippen LogP contribution >= 0.6 is 0 Å². The van der Waals surface area contributed by atoms with Gasteiger partial charge in [-0.1, -0.05) is 12.1 Å². The molecule has 38 heavy (non-hydrogen) atoms. The minimum absolute atomic E-state index is 0.0172. The van der Waals surface area contributed by atoms with Gasteiger partial charge >= 0.3 is 11.6 Å². The molecule has 10 nitrogen and oxygen atoms in total. The minimum Gasteiger partial charge on any atom is -0.424 e. The van der Waals surface area contributed by atoms with Crippen molar-refractivity contribution < 1.29 is 17.8 Å². The van der Waals surface area contributed by atoms with E-state index in [-0.39, 0.29) is 23.7 Å². The van der Waals surface area contributed by atoms with E-state index in [2.05, 4.69) is 29.6 Å². The lowest BCUT2D eigenvalue weighted by Gasteiger charge is -2.28. The quantitative estimate of drug-likeness (QED) is 0.278. The molecule has 198 valence electrons. The summed E-state index contributed by atoms with van der Waals surface area (Å²) in [7, 11) is 1.50. The fourth-order valence-electron chi connectivity index (χ4n) is 4.38. The summed E-state index contributed by atoms with van der Waals surface area (Å²) in [6, 6.07) is 11.9. The molecule has 2 aromatic heterocycles. The van der Waals surface area contributed by atoms with E-state index in [1.165, 1.54) is 13.1 Å². The average Bonchev–Trinajstić information content (AvgIpc) is 2.93. The predicted molar refractivity (Wildman–Crippen MR) is 143 cm³/mol. The van der Waals surface area contributed by atoms with Crippen LogP contribution in [0.1, 0.15) is 16.7 Å². The summed E-state index contributed by atoms with van der Waals surface area (Å²) in [4.78, 5) is 23.7. The number of benzene rings is 2. The van der Waals surface area contributed by atoms with Gasteiger partial charge in [-0.15, -0.1) is 0 Å². The van der Waals surface area contributed by atoms with Crippen molar-refractivity contribution in [1.29, 1.82) is 0 Å². The highest BCUT2D eigenvalue weighted by Gasteiger charge is 2.21. The Balaban J connectivity index is 1.55. The minimum atomic E-state index is -1.65. The van der Waals surface area contributed by atoms with Gasteiger partial charge in [-0.3, -0.25) is 9.62 Å². The van der Waals surface area contributed by atoms with Gasteiger partial charge in [-0.2, -0.15) is 0 Å². The molecule has 1 unspecified atom stereocenters. The van der Waals surface area contributed by atoms with Gasteiger partial charge in [-0.05, 0) is 42.4 Å². The van der Waals surface area contributed by atoms with Crippen molar-refractivity contribution >= 4 is 27.8 Å². The number of nitrogens with one attached hydrogen (secondary N) is 3. The van der Waals surface area contributed by atoms with Gasteiger partial charge in [0, 0.05) is 68.6 Å². The molecule has 0 saturated carbocycles. The molecule has 0 aliphatic carbocycles. The van der Waals surface area contributed by atoms with E-state index in [0.717, 1.165) is 37.1 Å². The van der Waals surface area contributed by atoms with Crippen molar-refractivity contribution in [3.8, 4) is 11.8 Å². The van der Waals surface area contributed by atoms with E-state index in [9.17, 15) is 9.00 Å². The van der Waals surface area contributed by atoms with Crippen LogP contribution in [0.25, 0.3) is 11.0 Å². The SMILES string of the molecule is CNS(=O)Nc1cccc(Cc2c(CN3CCNCC3)c3ccc(Oc4ncccn4)cc3oc2=O)c1F. The first kappa shape index (κ1) is 25.9. The summed E-state index contributed by atoms with van der Waals surface area (Å²) in [5.74, 6) is -0.148. The number of aromatic nitrogens is 2. The molecule has 3 N–H and O–H groups in total. The molecule has 0 spiro atoms. The van der Waals surface area contributed by atoms with Crippen LogP contribution in [-0.4, -0.2) is 52.3 Å². The number of anilines is 1. The van der Waals surface area contributed by atoms with E-state index in [1.54, 1.807) is 42.7 Å². The molecular weight excluding hydrogens is 511 g/mol. The Labute approximate surface area is 221 Å². The van der Waals surface area contributed by atoms with Gasteiger partial charge in [0.05, 0.1) is 5.69 Å². The molecule has 1 aliphatic rings. The van der Waals surface area contributed by atoms with Crippen LogP contribution in [0.5, 0.6) is 11.8 Å². The number of rotatable bonds is 9. The van der Waals surface area contributed by atoms with E-state index in [0.29, 0.717) is 23.4 Å². The second kappa shape index (κ2) is 11.8. The summed E-state index contributed by atoms with van der Waals surface area (Å²) in [5.41, 5.74) is 1.33. The van der Waals surface area contributed by atoms with Gasteiger partial charge in [0.1, 0.15) is 11.3 Å². The highest BCUT2D eigenvalue weighted by molar-refractivity contribution is 7.84. The highest BCUT2D eigenvalue weighted by atomic mass is 32.2. The Hall–Kier alpha value is -3.71. The Kier molecular flexibility index (Phi) is 8.03. The van der Waals surface area contributed by atoms with E-state index in [4.69, 9.17) is 9.15 Å². The topological polar surface area (TPSA) is 122 Å².